The fourth-order valence-electron chi connectivity index (χ4n) is 1.12. The fraction of sp³-hybridized carbons (Fsp3) is 0.300. The van der Waals surface area contributed by atoms with Crippen LogP contribution >= 0.6 is 23.2 Å². The van der Waals surface area contributed by atoms with Crippen molar-refractivity contribution in [1.29, 1.82) is 0 Å². The maximum Gasteiger partial charge on any atom is 0.310 e. The number of benzene rings is 1. The number of carbonyl (C=O) groups excluding carboxylic acids is 1. The summed E-state index contributed by atoms with van der Waals surface area (Å²) >= 11 is 11.7. The van der Waals surface area contributed by atoms with Gasteiger partial charge in [-0.2, -0.15) is 0 Å². The van der Waals surface area contributed by atoms with Crippen LogP contribution in [-0.4, -0.2) is 12.6 Å². The lowest BCUT2D eigenvalue weighted by Crippen LogP contribution is -2.08. The van der Waals surface area contributed by atoms with Crippen LogP contribution in [0.4, 0.5) is 5.69 Å². The number of hydrogen-bond acceptors (Lipinski definition) is 3. The number of hydrogen-bond donors (Lipinski definition) is 1. The highest BCUT2D eigenvalue weighted by molar-refractivity contribution is 6.39. The lowest BCUT2D eigenvalue weighted by molar-refractivity contribution is -0.142. The van der Waals surface area contributed by atoms with Gasteiger partial charge < -0.3 is 10.5 Å². The molecule has 0 aliphatic carbocycles. The van der Waals surface area contributed by atoms with E-state index in [1.165, 1.54) is 0 Å². The van der Waals surface area contributed by atoms with Crippen LogP contribution in [0.15, 0.2) is 12.1 Å². The van der Waals surface area contributed by atoms with Crippen LogP contribution in [0.5, 0.6) is 0 Å². The van der Waals surface area contributed by atoms with Crippen molar-refractivity contribution < 1.29 is 9.53 Å². The van der Waals surface area contributed by atoms with Gasteiger partial charge in [0.25, 0.3) is 0 Å². The van der Waals surface area contributed by atoms with E-state index in [0.29, 0.717) is 27.9 Å². The third-order valence-corrected chi connectivity index (χ3v) is 2.62. The van der Waals surface area contributed by atoms with Crippen LogP contribution in [0.3, 0.4) is 0 Å². The minimum Gasteiger partial charge on any atom is -0.466 e. The highest BCUT2D eigenvalue weighted by Crippen LogP contribution is 2.30. The van der Waals surface area contributed by atoms with Crippen molar-refractivity contribution in [3.05, 3.63) is 27.7 Å². The Balaban J connectivity index is 2.87. The summed E-state index contributed by atoms with van der Waals surface area (Å²) in [5.41, 5.74) is 6.53. The van der Waals surface area contributed by atoms with E-state index < -0.39 is 0 Å². The maximum absolute atomic E-state index is 11.2. The van der Waals surface area contributed by atoms with Gasteiger partial charge in [-0.15, -0.1) is 0 Å². The Kier molecular flexibility index (Phi) is 4.24. The molecule has 0 amide bonds. The number of esters is 1. The SMILES string of the molecule is CCOC(=O)Cc1ccc(Cl)c(N)c1Cl. The first-order valence-corrected chi connectivity index (χ1v) is 5.19. The first-order valence-electron chi connectivity index (χ1n) is 4.44. The quantitative estimate of drug-likeness (QED) is 0.660. The summed E-state index contributed by atoms with van der Waals surface area (Å²) in [6.45, 7) is 2.09. The van der Waals surface area contributed by atoms with Gasteiger partial charge in [-0.3, -0.25) is 4.79 Å². The molecule has 1 aromatic rings. The minimum absolute atomic E-state index is 0.105. The molecule has 3 nitrogen and oxygen atoms in total. The number of nitrogen functional groups attached to an aromatic ring is 1. The molecule has 1 rings (SSSR count). The summed E-state index contributed by atoms with van der Waals surface area (Å²) in [5.74, 6) is -0.332. The fourth-order valence-corrected chi connectivity index (χ4v) is 1.56. The van der Waals surface area contributed by atoms with E-state index in [2.05, 4.69) is 0 Å². The lowest BCUT2D eigenvalue weighted by atomic mass is 10.1. The molecule has 2 N–H and O–H groups in total. The highest BCUT2D eigenvalue weighted by Gasteiger charge is 2.11. The maximum atomic E-state index is 11.2. The van der Waals surface area contributed by atoms with E-state index in [-0.39, 0.29) is 12.4 Å². The van der Waals surface area contributed by atoms with E-state index in [9.17, 15) is 4.79 Å². The zero-order valence-corrected chi connectivity index (χ0v) is 9.73. The average Bonchev–Trinajstić information content (AvgIpc) is 2.20. The van der Waals surface area contributed by atoms with Crippen molar-refractivity contribution >= 4 is 34.9 Å². The Morgan fingerprint density at radius 3 is 2.73 bits per heavy atom. The number of nitrogens with two attached hydrogens (primary N) is 1. The van der Waals surface area contributed by atoms with Crippen molar-refractivity contribution in [2.45, 2.75) is 13.3 Å². The van der Waals surface area contributed by atoms with Crippen LogP contribution in [-0.2, 0) is 16.0 Å². The van der Waals surface area contributed by atoms with Gasteiger partial charge in [0, 0.05) is 0 Å². The van der Waals surface area contributed by atoms with E-state index in [0.717, 1.165) is 0 Å². The molecular formula is C10H11Cl2NO2. The van der Waals surface area contributed by atoms with Gasteiger partial charge in [-0.25, -0.2) is 0 Å². The predicted molar refractivity (Wildman–Crippen MR) is 61.2 cm³/mol. The Bertz CT molecular complexity index is 380. The van der Waals surface area contributed by atoms with Gasteiger partial charge in [-0.05, 0) is 18.6 Å². The molecule has 0 radical (unpaired) electrons. The molecule has 0 saturated heterocycles. The molecule has 5 heteroatoms. The number of halogens is 2. The van der Waals surface area contributed by atoms with Gasteiger partial charge in [0.1, 0.15) is 0 Å². The highest BCUT2D eigenvalue weighted by atomic mass is 35.5. The molecular weight excluding hydrogens is 237 g/mol. The number of rotatable bonds is 3. The van der Waals surface area contributed by atoms with Crippen LogP contribution in [0.1, 0.15) is 12.5 Å². The van der Waals surface area contributed by atoms with Crippen molar-refractivity contribution in [2.24, 2.45) is 0 Å². The second-order valence-electron chi connectivity index (χ2n) is 2.92. The standard InChI is InChI=1S/C10H11Cl2NO2/c1-2-15-8(14)5-6-3-4-7(11)10(13)9(6)12/h3-4H,2,5,13H2,1H3. The second-order valence-corrected chi connectivity index (χ2v) is 3.70. The molecule has 0 heterocycles. The number of carbonyl (C=O) groups is 1. The zero-order chi connectivity index (χ0) is 11.4. The zero-order valence-electron chi connectivity index (χ0n) is 8.22. The summed E-state index contributed by atoms with van der Waals surface area (Å²) in [7, 11) is 0. The molecule has 15 heavy (non-hydrogen) atoms. The number of anilines is 1. The van der Waals surface area contributed by atoms with Gasteiger partial charge in [0.05, 0.1) is 28.8 Å². The van der Waals surface area contributed by atoms with Gasteiger partial charge in [0.2, 0.25) is 0 Å². The summed E-state index contributed by atoms with van der Waals surface area (Å²) in [6.07, 6.45) is 0.105. The molecule has 0 aliphatic heterocycles. The molecule has 0 saturated carbocycles. The lowest BCUT2D eigenvalue weighted by Gasteiger charge is -2.07. The third kappa shape index (κ3) is 3.01. The van der Waals surface area contributed by atoms with Crippen molar-refractivity contribution in [3.8, 4) is 0 Å². The molecule has 0 unspecified atom stereocenters. The van der Waals surface area contributed by atoms with Gasteiger partial charge in [-0.1, -0.05) is 29.3 Å². The Labute approximate surface area is 98.1 Å². The largest absolute Gasteiger partial charge is 0.466 e. The molecule has 0 fully saturated rings. The van der Waals surface area contributed by atoms with Crippen LogP contribution in [0.25, 0.3) is 0 Å². The van der Waals surface area contributed by atoms with Gasteiger partial charge in [0.15, 0.2) is 0 Å². The molecule has 0 atom stereocenters. The topological polar surface area (TPSA) is 52.3 Å². The van der Waals surface area contributed by atoms with E-state index in [1.807, 2.05) is 0 Å². The average molecular weight is 248 g/mol. The first kappa shape index (κ1) is 12.1. The third-order valence-electron chi connectivity index (χ3n) is 1.85. The van der Waals surface area contributed by atoms with Crippen LogP contribution < -0.4 is 5.73 Å². The second kappa shape index (κ2) is 5.24. The first-order chi connectivity index (χ1) is 7.06. The van der Waals surface area contributed by atoms with E-state index in [4.69, 9.17) is 33.7 Å². The van der Waals surface area contributed by atoms with Crippen LogP contribution in [0, 0.1) is 0 Å². The predicted octanol–water partition coefficient (Wildman–Crippen LogP) is 2.68. The Hall–Kier alpha value is -0.930. The van der Waals surface area contributed by atoms with E-state index >= 15 is 0 Å². The monoisotopic (exact) mass is 247 g/mol. The molecule has 1 aromatic carbocycles. The van der Waals surface area contributed by atoms with Crippen molar-refractivity contribution in [1.82, 2.24) is 0 Å². The normalized spacial score (nSPS) is 10.1. The minimum atomic E-state index is -0.332. The summed E-state index contributed by atoms with van der Waals surface area (Å²) in [4.78, 5) is 11.2. The van der Waals surface area contributed by atoms with Crippen molar-refractivity contribution in [3.63, 3.8) is 0 Å². The Morgan fingerprint density at radius 1 is 1.47 bits per heavy atom. The molecule has 82 valence electrons. The van der Waals surface area contributed by atoms with Gasteiger partial charge >= 0.3 is 5.97 Å². The molecule has 0 aromatic heterocycles. The van der Waals surface area contributed by atoms with Crippen LogP contribution in [0.2, 0.25) is 10.0 Å². The molecule has 0 spiro atoms. The van der Waals surface area contributed by atoms with Crippen molar-refractivity contribution in [2.75, 3.05) is 12.3 Å². The molecule has 0 aliphatic rings. The summed E-state index contributed by atoms with van der Waals surface area (Å²) in [6, 6.07) is 3.27. The molecule has 0 bridgehead atoms. The number of ether oxygens (including phenoxy) is 1. The van der Waals surface area contributed by atoms with E-state index in [1.54, 1.807) is 19.1 Å². The summed E-state index contributed by atoms with van der Waals surface area (Å²) in [5, 5.41) is 0.697. The Morgan fingerprint density at radius 2 is 2.13 bits per heavy atom. The smallest absolute Gasteiger partial charge is 0.310 e. The summed E-state index contributed by atoms with van der Waals surface area (Å²) < 4.78 is 4.80.